The molecule has 0 radical (unpaired) electrons. The molecule has 0 saturated carbocycles. The van der Waals surface area contributed by atoms with Gasteiger partial charge in [-0.05, 0) is 50.8 Å². The van der Waals surface area contributed by atoms with Crippen molar-refractivity contribution in [1.82, 2.24) is 0 Å². The molecule has 18 heavy (non-hydrogen) atoms. The summed E-state index contributed by atoms with van der Waals surface area (Å²) < 4.78 is 11.4. The zero-order valence-corrected chi connectivity index (χ0v) is 11.1. The summed E-state index contributed by atoms with van der Waals surface area (Å²) in [5.41, 5.74) is 1.13. The number of aliphatic hydroxyl groups is 1. The van der Waals surface area contributed by atoms with Crippen molar-refractivity contribution >= 4 is 0 Å². The van der Waals surface area contributed by atoms with Crippen LogP contribution in [-0.2, 0) is 11.2 Å². The molecule has 3 heteroatoms. The van der Waals surface area contributed by atoms with Crippen molar-refractivity contribution in [3.8, 4) is 5.75 Å². The normalized spacial score (nSPS) is 25.1. The van der Waals surface area contributed by atoms with Crippen molar-refractivity contribution in [3.05, 3.63) is 29.8 Å². The van der Waals surface area contributed by atoms with E-state index in [4.69, 9.17) is 9.47 Å². The van der Waals surface area contributed by atoms with Gasteiger partial charge in [0.1, 0.15) is 12.4 Å². The Kier molecular flexibility index (Phi) is 4.61. The van der Waals surface area contributed by atoms with E-state index in [1.807, 2.05) is 24.3 Å². The molecule has 2 rings (SSSR count). The van der Waals surface area contributed by atoms with E-state index in [2.05, 4.69) is 6.92 Å². The van der Waals surface area contributed by atoms with Crippen molar-refractivity contribution in [2.45, 2.75) is 51.4 Å². The summed E-state index contributed by atoms with van der Waals surface area (Å²) in [6.45, 7) is 4.52. The Morgan fingerprint density at radius 1 is 1.33 bits per heavy atom. The van der Waals surface area contributed by atoms with Gasteiger partial charge >= 0.3 is 0 Å². The fourth-order valence-electron chi connectivity index (χ4n) is 2.26. The Morgan fingerprint density at radius 3 is 2.61 bits per heavy atom. The highest BCUT2D eigenvalue weighted by molar-refractivity contribution is 5.27. The Bertz CT molecular complexity index is 359. The predicted molar refractivity (Wildman–Crippen MR) is 70.9 cm³/mol. The van der Waals surface area contributed by atoms with Crippen molar-refractivity contribution in [3.63, 3.8) is 0 Å². The summed E-state index contributed by atoms with van der Waals surface area (Å²) in [6, 6.07) is 7.91. The fraction of sp³-hybridized carbons (Fsp3) is 0.600. The number of benzene rings is 1. The third kappa shape index (κ3) is 4.00. The maximum Gasteiger partial charge on any atom is 0.119 e. The highest BCUT2D eigenvalue weighted by Gasteiger charge is 2.22. The summed E-state index contributed by atoms with van der Waals surface area (Å²) in [5, 5.41) is 9.30. The molecule has 1 heterocycles. The SMILES string of the molecule is CC(O)Cc1ccc(OCC2CCC(C)O2)cc1. The number of hydrogen-bond acceptors (Lipinski definition) is 3. The fourth-order valence-corrected chi connectivity index (χ4v) is 2.26. The van der Waals surface area contributed by atoms with Crippen LogP contribution in [0.25, 0.3) is 0 Å². The van der Waals surface area contributed by atoms with Crippen LogP contribution in [0.2, 0.25) is 0 Å². The van der Waals surface area contributed by atoms with Crippen LogP contribution < -0.4 is 4.74 Å². The summed E-state index contributed by atoms with van der Waals surface area (Å²) in [6.07, 6.45) is 3.20. The maximum atomic E-state index is 9.30. The van der Waals surface area contributed by atoms with Crippen molar-refractivity contribution in [1.29, 1.82) is 0 Å². The number of ether oxygens (including phenoxy) is 2. The van der Waals surface area contributed by atoms with Gasteiger partial charge in [-0.2, -0.15) is 0 Å². The van der Waals surface area contributed by atoms with E-state index >= 15 is 0 Å². The van der Waals surface area contributed by atoms with Gasteiger partial charge in [0.2, 0.25) is 0 Å². The molecule has 3 atom stereocenters. The lowest BCUT2D eigenvalue weighted by molar-refractivity contribution is 0.0264. The molecule has 0 aliphatic carbocycles. The van der Waals surface area contributed by atoms with Crippen LogP contribution >= 0.6 is 0 Å². The van der Waals surface area contributed by atoms with Crippen LogP contribution in [0.4, 0.5) is 0 Å². The smallest absolute Gasteiger partial charge is 0.119 e. The molecule has 0 aromatic heterocycles. The minimum atomic E-state index is -0.301. The lowest BCUT2D eigenvalue weighted by Gasteiger charge is -2.13. The summed E-state index contributed by atoms with van der Waals surface area (Å²) in [7, 11) is 0. The lowest BCUT2D eigenvalue weighted by atomic mass is 10.1. The summed E-state index contributed by atoms with van der Waals surface area (Å²) in [5.74, 6) is 0.868. The Morgan fingerprint density at radius 2 is 2.06 bits per heavy atom. The van der Waals surface area contributed by atoms with Crippen LogP contribution in [0.15, 0.2) is 24.3 Å². The molecule has 1 saturated heterocycles. The van der Waals surface area contributed by atoms with Gasteiger partial charge in [0.05, 0.1) is 18.3 Å². The standard InChI is InChI=1S/C15H22O3/c1-11(16)9-13-4-7-14(8-5-13)17-10-15-6-3-12(2)18-15/h4-5,7-8,11-12,15-16H,3,6,9-10H2,1-2H3. The Balaban J connectivity index is 1.79. The monoisotopic (exact) mass is 250 g/mol. The summed E-state index contributed by atoms with van der Waals surface area (Å²) in [4.78, 5) is 0. The van der Waals surface area contributed by atoms with Crippen molar-refractivity contribution < 1.29 is 14.6 Å². The first-order valence-corrected chi connectivity index (χ1v) is 6.69. The number of hydrogen-bond donors (Lipinski definition) is 1. The van der Waals surface area contributed by atoms with Crippen molar-refractivity contribution in [2.75, 3.05) is 6.61 Å². The molecule has 0 spiro atoms. The van der Waals surface area contributed by atoms with Crippen LogP contribution in [0, 0.1) is 0 Å². The van der Waals surface area contributed by atoms with E-state index < -0.39 is 0 Å². The van der Waals surface area contributed by atoms with Crippen LogP contribution in [0.3, 0.4) is 0 Å². The molecule has 1 fully saturated rings. The molecule has 3 nitrogen and oxygen atoms in total. The van der Waals surface area contributed by atoms with E-state index in [0.29, 0.717) is 19.1 Å². The molecule has 1 N–H and O–H groups in total. The van der Waals surface area contributed by atoms with Gasteiger partial charge in [-0.1, -0.05) is 12.1 Å². The van der Waals surface area contributed by atoms with Gasteiger partial charge in [-0.25, -0.2) is 0 Å². The molecule has 1 aliphatic rings. The van der Waals surface area contributed by atoms with E-state index in [1.54, 1.807) is 6.92 Å². The first-order valence-electron chi connectivity index (χ1n) is 6.69. The zero-order valence-electron chi connectivity index (χ0n) is 11.1. The highest BCUT2D eigenvalue weighted by Crippen LogP contribution is 2.20. The van der Waals surface area contributed by atoms with E-state index in [9.17, 15) is 5.11 Å². The quantitative estimate of drug-likeness (QED) is 0.873. The lowest BCUT2D eigenvalue weighted by Crippen LogP contribution is -2.17. The second-order valence-electron chi connectivity index (χ2n) is 5.15. The summed E-state index contributed by atoms with van der Waals surface area (Å²) >= 11 is 0. The average Bonchev–Trinajstić information content (AvgIpc) is 2.74. The largest absolute Gasteiger partial charge is 0.491 e. The molecule has 1 aromatic rings. The molecule has 1 aromatic carbocycles. The van der Waals surface area contributed by atoms with Crippen molar-refractivity contribution in [2.24, 2.45) is 0 Å². The molecule has 1 aliphatic heterocycles. The number of aliphatic hydroxyl groups excluding tert-OH is 1. The van der Waals surface area contributed by atoms with Gasteiger partial charge in [0.15, 0.2) is 0 Å². The molecule has 0 amide bonds. The highest BCUT2D eigenvalue weighted by atomic mass is 16.5. The van der Waals surface area contributed by atoms with Gasteiger partial charge < -0.3 is 14.6 Å². The molecule has 3 unspecified atom stereocenters. The maximum absolute atomic E-state index is 9.30. The molecular formula is C15H22O3. The number of rotatable bonds is 5. The van der Waals surface area contributed by atoms with Crippen LogP contribution in [-0.4, -0.2) is 30.0 Å². The topological polar surface area (TPSA) is 38.7 Å². The van der Waals surface area contributed by atoms with Crippen LogP contribution in [0.1, 0.15) is 32.3 Å². The third-order valence-electron chi connectivity index (χ3n) is 3.21. The van der Waals surface area contributed by atoms with Gasteiger partial charge in [0.25, 0.3) is 0 Å². The zero-order chi connectivity index (χ0) is 13.0. The third-order valence-corrected chi connectivity index (χ3v) is 3.21. The second-order valence-corrected chi connectivity index (χ2v) is 5.15. The average molecular weight is 250 g/mol. The molecular weight excluding hydrogens is 228 g/mol. The Labute approximate surface area is 109 Å². The van der Waals surface area contributed by atoms with E-state index in [1.165, 1.54) is 0 Å². The first kappa shape index (κ1) is 13.4. The predicted octanol–water partition coefficient (Wildman–Crippen LogP) is 2.56. The van der Waals surface area contributed by atoms with Gasteiger partial charge in [-0.15, -0.1) is 0 Å². The van der Waals surface area contributed by atoms with Gasteiger partial charge in [0, 0.05) is 0 Å². The minimum absolute atomic E-state index is 0.233. The first-order chi connectivity index (χ1) is 8.63. The van der Waals surface area contributed by atoms with Gasteiger partial charge in [-0.3, -0.25) is 0 Å². The molecule has 0 bridgehead atoms. The Hall–Kier alpha value is -1.06. The second kappa shape index (κ2) is 6.21. The van der Waals surface area contributed by atoms with E-state index in [-0.39, 0.29) is 12.2 Å². The molecule has 100 valence electrons. The minimum Gasteiger partial charge on any atom is -0.491 e. The van der Waals surface area contributed by atoms with E-state index in [0.717, 1.165) is 24.2 Å². The van der Waals surface area contributed by atoms with Crippen LogP contribution in [0.5, 0.6) is 5.75 Å².